The molecule has 2 heterocycles. The summed E-state index contributed by atoms with van der Waals surface area (Å²) in [6.45, 7) is 1.96. The number of H-pyrrole nitrogens is 2. The Morgan fingerprint density at radius 2 is 2.37 bits per heavy atom. The normalized spacial score (nSPS) is 16.9. The lowest BCUT2D eigenvalue weighted by molar-refractivity contribution is 0.0938. The summed E-state index contributed by atoms with van der Waals surface area (Å²) in [5.41, 5.74) is 2.84. The predicted octanol–water partition coefficient (Wildman–Crippen LogP) is 2.50. The van der Waals surface area contributed by atoms with E-state index in [0.717, 1.165) is 16.8 Å². The Labute approximate surface area is 111 Å². The summed E-state index contributed by atoms with van der Waals surface area (Å²) in [5.74, 6) is 0.511. The average Bonchev–Trinajstić information content (AvgIpc) is 2.97. The van der Waals surface area contributed by atoms with Gasteiger partial charge in [-0.15, -0.1) is 0 Å². The first-order valence-corrected chi connectivity index (χ1v) is 6.72. The lowest BCUT2D eigenvalue weighted by atomic mass is 9.81. The van der Waals surface area contributed by atoms with Gasteiger partial charge in [0, 0.05) is 23.7 Å². The standard InChI is InChI=1S/C14H18N4O/c1-9(11-7-16-17-8-11)18-14(19)12-5-6-15-13(12)10-3-2-4-10/h5-10,15H,2-4H2,1H3,(H,16,17)(H,18,19)/t9-/m0/s1. The topological polar surface area (TPSA) is 73.6 Å². The molecule has 3 N–H and O–H groups in total. The van der Waals surface area contributed by atoms with Gasteiger partial charge in [0.15, 0.2) is 0 Å². The van der Waals surface area contributed by atoms with Crippen LogP contribution in [0.4, 0.5) is 0 Å². The number of hydrogen-bond donors (Lipinski definition) is 3. The van der Waals surface area contributed by atoms with Crippen LogP contribution >= 0.6 is 0 Å². The van der Waals surface area contributed by atoms with E-state index in [9.17, 15) is 4.79 Å². The molecule has 1 atom stereocenters. The Kier molecular flexibility index (Phi) is 3.11. The molecule has 1 aliphatic carbocycles. The summed E-state index contributed by atoms with van der Waals surface area (Å²) in [5, 5.41) is 9.67. The van der Waals surface area contributed by atoms with Crippen LogP contribution in [-0.4, -0.2) is 21.1 Å². The molecule has 100 valence electrons. The van der Waals surface area contributed by atoms with Gasteiger partial charge in [-0.05, 0) is 31.7 Å². The second-order valence-electron chi connectivity index (χ2n) is 5.16. The van der Waals surface area contributed by atoms with Crippen molar-refractivity contribution in [2.75, 3.05) is 0 Å². The maximum atomic E-state index is 12.3. The maximum absolute atomic E-state index is 12.3. The molecule has 0 aliphatic heterocycles. The second-order valence-corrected chi connectivity index (χ2v) is 5.16. The number of nitrogens with zero attached hydrogens (tertiary/aromatic N) is 1. The molecular formula is C14H18N4O. The van der Waals surface area contributed by atoms with E-state index in [1.54, 1.807) is 12.4 Å². The highest BCUT2D eigenvalue weighted by Crippen LogP contribution is 2.37. The van der Waals surface area contributed by atoms with Gasteiger partial charge in [-0.3, -0.25) is 9.89 Å². The van der Waals surface area contributed by atoms with Crippen LogP contribution in [0.5, 0.6) is 0 Å². The molecule has 0 bridgehead atoms. The zero-order valence-electron chi connectivity index (χ0n) is 10.9. The minimum atomic E-state index is -0.0459. The fourth-order valence-corrected chi connectivity index (χ4v) is 2.47. The monoisotopic (exact) mass is 258 g/mol. The molecule has 5 heteroatoms. The zero-order chi connectivity index (χ0) is 13.2. The third kappa shape index (κ3) is 2.28. The number of hydrogen-bond acceptors (Lipinski definition) is 2. The van der Waals surface area contributed by atoms with Crippen molar-refractivity contribution in [3.8, 4) is 0 Å². The summed E-state index contributed by atoms with van der Waals surface area (Å²) in [4.78, 5) is 15.5. The smallest absolute Gasteiger partial charge is 0.253 e. The van der Waals surface area contributed by atoms with Gasteiger partial charge in [0.2, 0.25) is 0 Å². The van der Waals surface area contributed by atoms with E-state index in [1.165, 1.54) is 19.3 Å². The Bertz CT molecular complexity index is 554. The third-order valence-electron chi connectivity index (χ3n) is 3.90. The van der Waals surface area contributed by atoms with Crippen molar-refractivity contribution >= 4 is 5.91 Å². The van der Waals surface area contributed by atoms with Crippen molar-refractivity contribution in [2.45, 2.75) is 38.1 Å². The lowest BCUT2D eigenvalue weighted by Gasteiger charge is -2.25. The Morgan fingerprint density at radius 1 is 1.53 bits per heavy atom. The first-order chi connectivity index (χ1) is 9.25. The van der Waals surface area contributed by atoms with Crippen LogP contribution in [0.25, 0.3) is 0 Å². The Hall–Kier alpha value is -2.04. The molecule has 0 unspecified atom stereocenters. The number of nitrogens with one attached hydrogen (secondary N) is 3. The Morgan fingerprint density at radius 3 is 3.00 bits per heavy atom. The Balaban J connectivity index is 1.72. The number of carbonyl (C=O) groups is 1. The van der Waals surface area contributed by atoms with Crippen molar-refractivity contribution in [1.82, 2.24) is 20.5 Å². The van der Waals surface area contributed by atoms with E-state index < -0.39 is 0 Å². The molecular weight excluding hydrogens is 240 g/mol. The van der Waals surface area contributed by atoms with Gasteiger partial charge in [0.1, 0.15) is 0 Å². The number of aromatic amines is 2. The van der Waals surface area contributed by atoms with Crippen LogP contribution in [0, 0.1) is 0 Å². The van der Waals surface area contributed by atoms with Gasteiger partial charge < -0.3 is 10.3 Å². The SMILES string of the molecule is C[C@H](NC(=O)c1cc[nH]c1C1CCC1)c1cn[nH]c1. The highest BCUT2D eigenvalue weighted by Gasteiger charge is 2.26. The molecule has 1 aliphatic rings. The van der Waals surface area contributed by atoms with Gasteiger partial charge in [-0.25, -0.2) is 0 Å². The molecule has 5 nitrogen and oxygen atoms in total. The number of amides is 1. The molecule has 0 radical (unpaired) electrons. The van der Waals surface area contributed by atoms with Gasteiger partial charge in [0.05, 0.1) is 17.8 Å². The van der Waals surface area contributed by atoms with Crippen LogP contribution < -0.4 is 5.32 Å². The van der Waals surface area contributed by atoms with E-state index >= 15 is 0 Å². The van der Waals surface area contributed by atoms with Crippen LogP contribution in [0.2, 0.25) is 0 Å². The summed E-state index contributed by atoms with van der Waals surface area (Å²) >= 11 is 0. The van der Waals surface area contributed by atoms with Gasteiger partial charge >= 0.3 is 0 Å². The molecule has 0 aromatic carbocycles. The van der Waals surface area contributed by atoms with Crippen molar-refractivity contribution in [3.63, 3.8) is 0 Å². The molecule has 19 heavy (non-hydrogen) atoms. The van der Waals surface area contributed by atoms with Gasteiger partial charge in [0.25, 0.3) is 5.91 Å². The van der Waals surface area contributed by atoms with Gasteiger partial charge in [-0.1, -0.05) is 6.42 Å². The number of carbonyl (C=O) groups excluding carboxylic acids is 1. The summed E-state index contributed by atoms with van der Waals surface area (Å²) in [6.07, 6.45) is 9.00. The molecule has 0 saturated heterocycles. The highest BCUT2D eigenvalue weighted by atomic mass is 16.1. The van der Waals surface area contributed by atoms with E-state index in [4.69, 9.17) is 0 Å². The predicted molar refractivity (Wildman–Crippen MR) is 71.9 cm³/mol. The van der Waals surface area contributed by atoms with E-state index in [0.29, 0.717) is 5.92 Å². The van der Waals surface area contributed by atoms with Gasteiger partial charge in [-0.2, -0.15) is 5.10 Å². The fraction of sp³-hybridized carbons (Fsp3) is 0.429. The third-order valence-corrected chi connectivity index (χ3v) is 3.90. The molecule has 1 amide bonds. The largest absolute Gasteiger partial charge is 0.364 e. The molecule has 2 aromatic rings. The van der Waals surface area contributed by atoms with Crippen LogP contribution in [0.1, 0.15) is 59.8 Å². The van der Waals surface area contributed by atoms with Crippen LogP contribution in [-0.2, 0) is 0 Å². The van der Waals surface area contributed by atoms with Crippen LogP contribution in [0.3, 0.4) is 0 Å². The molecule has 0 spiro atoms. The van der Waals surface area contributed by atoms with Crippen molar-refractivity contribution in [3.05, 3.63) is 41.5 Å². The van der Waals surface area contributed by atoms with Crippen LogP contribution in [0.15, 0.2) is 24.7 Å². The van der Waals surface area contributed by atoms with Crippen molar-refractivity contribution in [1.29, 1.82) is 0 Å². The summed E-state index contributed by atoms with van der Waals surface area (Å²) in [6, 6.07) is 1.82. The second kappa shape index (κ2) is 4.91. The van der Waals surface area contributed by atoms with E-state index in [2.05, 4.69) is 20.5 Å². The zero-order valence-corrected chi connectivity index (χ0v) is 10.9. The average molecular weight is 258 g/mol. The fourth-order valence-electron chi connectivity index (χ4n) is 2.47. The van der Waals surface area contributed by atoms with Crippen molar-refractivity contribution in [2.24, 2.45) is 0 Å². The summed E-state index contributed by atoms with van der Waals surface area (Å²) in [7, 11) is 0. The quantitative estimate of drug-likeness (QED) is 0.788. The molecule has 3 rings (SSSR count). The number of aromatic nitrogens is 3. The first kappa shape index (κ1) is 12.0. The summed E-state index contributed by atoms with van der Waals surface area (Å²) < 4.78 is 0. The minimum absolute atomic E-state index is 0.0168. The minimum Gasteiger partial charge on any atom is -0.364 e. The molecule has 2 aromatic heterocycles. The van der Waals surface area contributed by atoms with Crippen molar-refractivity contribution < 1.29 is 4.79 Å². The number of rotatable bonds is 4. The lowest BCUT2D eigenvalue weighted by Crippen LogP contribution is -2.27. The highest BCUT2D eigenvalue weighted by molar-refractivity contribution is 5.95. The first-order valence-electron chi connectivity index (χ1n) is 6.72. The van der Waals surface area contributed by atoms with E-state index in [1.807, 2.05) is 19.2 Å². The maximum Gasteiger partial charge on any atom is 0.253 e. The molecule has 1 fully saturated rings. The molecule has 1 saturated carbocycles. The van der Waals surface area contributed by atoms with E-state index in [-0.39, 0.29) is 11.9 Å².